The Hall–Kier alpha value is -0.580. The Bertz CT molecular complexity index is 221. The first-order valence-corrected chi connectivity index (χ1v) is 4.71. The van der Waals surface area contributed by atoms with Crippen LogP contribution in [0.4, 0.5) is 0 Å². The maximum atomic E-state index is 11.4. The number of Topliss-reactive ketones (excluding diaryl/α,β-unsaturated/α-hetero) is 1. The molecule has 1 N–H and O–H groups in total. The Morgan fingerprint density at radius 2 is 1.92 bits per heavy atom. The van der Waals surface area contributed by atoms with Gasteiger partial charge in [-0.25, -0.2) is 5.53 Å². The number of hydrogen-bond donors (Lipinski definition) is 1. The molecule has 0 aliphatic heterocycles. The molecule has 0 radical (unpaired) electrons. The van der Waals surface area contributed by atoms with Crippen LogP contribution in [0.15, 0.2) is 5.11 Å². The van der Waals surface area contributed by atoms with Crippen LogP contribution in [0.25, 0.3) is 0 Å². The minimum atomic E-state index is -3.55. The third-order valence-corrected chi connectivity index (χ3v) is 3.39. The lowest BCUT2D eigenvalue weighted by atomic mass is 10.5. The lowest BCUT2D eigenvalue weighted by Crippen LogP contribution is -2.16. The van der Waals surface area contributed by atoms with Gasteiger partial charge in [-0.3, -0.25) is 9.36 Å². The van der Waals surface area contributed by atoms with Crippen LogP contribution >= 0.6 is 7.60 Å². The smallest absolute Gasteiger partial charge is 0.310 e. The maximum Gasteiger partial charge on any atom is 0.363 e. The van der Waals surface area contributed by atoms with Gasteiger partial charge in [-0.1, -0.05) is 0 Å². The standard InChI is InChI=1S/C5H11N2O4P/c1-4(8)5(7-6)12(9,10-2)11-3/h5-6H,1-3H3. The largest absolute Gasteiger partial charge is 0.363 e. The molecule has 12 heavy (non-hydrogen) atoms. The lowest BCUT2D eigenvalue weighted by molar-refractivity contribution is -0.117. The molecule has 1 unspecified atom stereocenters. The van der Waals surface area contributed by atoms with Crippen LogP contribution < -0.4 is 0 Å². The van der Waals surface area contributed by atoms with E-state index in [0.29, 0.717) is 0 Å². The first-order valence-electron chi connectivity index (χ1n) is 3.10. The van der Waals surface area contributed by atoms with Gasteiger partial charge in [0.05, 0.1) is 0 Å². The highest BCUT2D eigenvalue weighted by Crippen LogP contribution is 2.52. The van der Waals surface area contributed by atoms with Crippen LogP contribution in [0.2, 0.25) is 0 Å². The van der Waals surface area contributed by atoms with Crippen molar-refractivity contribution in [1.82, 2.24) is 0 Å². The molecular formula is C5H11N2O4P. The molecule has 0 saturated heterocycles. The monoisotopic (exact) mass is 194 g/mol. The van der Waals surface area contributed by atoms with E-state index in [0.717, 1.165) is 14.2 Å². The molecule has 70 valence electrons. The summed E-state index contributed by atoms with van der Waals surface area (Å²) >= 11 is 0. The van der Waals surface area contributed by atoms with Crippen molar-refractivity contribution in [3.8, 4) is 0 Å². The molecule has 0 bridgehead atoms. The van der Waals surface area contributed by atoms with Crippen molar-refractivity contribution in [2.45, 2.75) is 12.7 Å². The fraction of sp³-hybridized carbons (Fsp3) is 0.800. The summed E-state index contributed by atoms with van der Waals surface area (Å²) < 4.78 is 20.4. The van der Waals surface area contributed by atoms with Gasteiger partial charge in [0.15, 0.2) is 5.78 Å². The van der Waals surface area contributed by atoms with Crippen LogP contribution in [-0.2, 0) is 18.4 Å². The second kappa shape index (κ2) is 4.45. The van der Waals surface area contributed by atoms with Gasteiger partial charge in [-0.15, -0.1) is 0 Å². The number of ketones is 1. The van der Waals surface area contributed by atoms with Crippen molar-refractivity contribution >= 4 is 13.4 Å². The molecule has 0 amide bonds. The van der Waals surface area contributed by atoms with E-state index in [4.69, 9.17) is 5.53 Å². The van der Waals surface area contributed by atoms with Gasteiger partial charge >= 0.3 is 7.60 Å². The number of hydrogen-bond acceptors (Lipinski definition) is 6. The molecular weight excluding hydrogens is 183 g/mol. The molecule has 0 fully saturated rings. The second-order valence-corrected chi connectivity index (χ2v) is 4.32. The minimum Gasteiger partial charge on any atom is -0.310 e. The first kappa shape index (κ1) is 11.4. The molecule has 0 aliphatic carbocycles. The molecule has 0 aromatic heterocycles. The highest BCUT2D eigenvalue weighted by Gasteiger charge is 2.37. The summed E-state index contributed by atoms with van der Waals surface area (Å²) in [6.07, 6.45) is 0. The van der Waals surface area contributed by atoms with E-state index in [1.165, 1.54) is 6.92 Å². The summed E-state index contributed by atoms with van der Waals surface area (Å²) in [6.45, 7) is 1.17. The molecule has 1 atom stereocenters. The molecule has 0 saturated carbocycles. The van der Waals surface area contributed by atoms with Crippen molar-refractivity contribution in [2.24, 2.45) is 5.11 Å². The number of nitrogens with one attached hydrogen (secondary N) is 1. The lowest BCUT2D eigenvalue weighted by Gasteiger charge is -2.16. The van der Waals surface area contributed by atoms with Crippen LogP contribution in [0.3, 0.4) is 0 Å². The fourth-order valence-electron chi connectivity index (χ4n) is 0.659. The van der Waals surface area contributed by atoms with Crippen LogP contribution in [0.5, 0.6) is 0 Å². The third kappa shape index (κ3) is 2.20. The quantitative estimate of drug-likeness (QED) is 0.529. The Kier molecular flexibility index (Phi) is 4.23. The van der Waals surface area contributed by atoms with Crippen LogP contribution in [-0.4, -0.2) is 25.8 Å². The predicted molar refractivity (Wildman–Crippen MR) is 41.2 cm³/mol. The van der Waals surface area contributed by atoms with Gasteiger partial charge in [-0.05, 0) is 6.92 Å². The van der Waals surface area contributed by atoms with Gasteiger partial charge in [0.1, 0.15) is 0 Å². The van der Waals surface area contributed by atoms with E-state index in [2.05, 4.69) is 14.2 Å². The number of carbonyl (C=O) groups is 1. The topological polar surface area (TPSA) is 88.8 Å². The van der Waals surface area contributed by atoms with E-state index >= 15 is 0 Å². The van der Waals surface area contributed by atoms with Gasteiger partial charge in [0.25, 0.3) is 0 Å². The molecule has 7 heteroatoms. The fourth-order valence-corrected chi connectivity index (χ4v) is 1.79. The van der Waals surface area contributed by atoms with Gasteiger partial charge in [-0.2, -0.15) is 5.11 Å². The SMILES string of the molecule is COP(=O)(OC)C(N=N)C(C)=O. The Labute approximate surface area is 70.3 Å². The molecule has 0 aliphatic rings. The molecule has 0 spiro atoms. The number of carbonyl (C=O) groups excluding carboxylic acids is 1. The molecule has 0 rings (SSSR count). The van der Waals surface area contributed by atoms with Gasteiger partial charge in [0.2, 0.25) is 5.78 Å². The summed E-state index contributed by atoms with van der Waals surface area (Å²) in [5, 5.41) is 2.89. The summed E-state index contributed by atoms with van der Waals surface area (Å²) in [4.78, 5) is 10.8. The summed E-state index contributed by atoms with van der Waals surface area (Å²) in [7, 11) is -1.26. The average Bonchev–Trinajstić information content (AvgIpc) is 2.04. The molecule has 6 nitrogen and oxygen atoms in total. The first-order chi connectivity index (χ1) is 5.51. The number of rotatable bonds is 5. The van der Waals surface area contributed by atoms with Crippen LogP contribution in [0.1, 0.15) is 6.92 Å². The van der Waals surface area contributed by atoms with Crippen molar-refractivity contribution in [3.63, 3.8) is 0 Å². The van der Waals surface area contributed by atoms with E-state index < -0.39 is 19.2 Å². The zero-order chi connectivity index (χ0) is 9.78. The Balaban J connectivity index is 4.80. The summed E-state index contributed by atoms with van der Waals surface area (Å²) in [5.74, 6) is -1.86. The van der Waals surface area contributed by atoms with Crippen molar-refractivity contribution in [3.05, 3.63) is 0 Å². The van der Waals surface area contributed by atoms with E-state index in [1.807, 2.05) is 0 Å². The zero-order valence-electron chi connectivity index (χ0n) is 7.10. The summed E-state index contributed by atoms with van der Waals surface area (Å²) in [5.41, 5.74) is 6.62. The van der Waals surface area contributed by atoms with E-state index in [9.17, 15) is 9.36 Å². The van der Waals surface area contributed by atoms with Gasteiger partial charge in [0, 0.05) is 14.2 Å². The third-order valence-electron chi connectivity index (χ3n) is 1.29. The maximum absolute atomic E-state index is 11.4. The molecule has 0 aromatic rings. The average molecular weight is 194 g/mol. The van der Waals surface area contributed by atoms with Crippen molar-refractivity contribution < 1.29 is 18.4 Å². The number of nitrogens with zero attached hydrogens (tertiary/aromatic N) is 1. The predicted octanol–water partition coefficient (Wildman–Crippen LogP) is 1.42. The molecule has 0 aromatic carbocycles. The van der Waals surface area contributed by atoms with Crippen molar-refractivity contribution in [2.75, 3.05) is 14.2 Å². The zero-order valence-corrected chi connectivity index (χ0v) is 8.00. The highest BCUT2D eigenvalue weighted by atomic mass is 31.2. The van der Waals surface area contributed by atoms with E-state index in [1.54, 1.807) is 0 Å². The summed E-state index contributed by atoms with van der Waals surface area (Å²) in [6, 6.07) is 0. The normalized spacial score (nSPS) is 13.9. The minimum absolute atomic E-state index is 0.517. The Morgan fingerprint density at radius 1 is 1.50 bits per heavy atom. The van der Waals surface area contributed by atoms with Crippen LogP contribution in [0, 0.1) is 5.53 Å². The Morgan fingerprint density at radius 3 is 2.00 bits per heavy atom. The molecule has 0 heterocycles. The van der Waals surface area contributed by atoms with Crippen molar-refractivity contribution in [1.29, 1.82) is 5.53 Å². The van der Waals surface area contributed by atoms with Gasteiger partial charge < -0.3 is 9.05 Å². The van der Waals surface area contributed by atoms with E-state index in [-0.39, 0.29) is 0 Å². The highest BCUT2D eigenvalue weighted by molar-refractivity contribution is 7.55. The second-order valence-electron chi connectivity index (χ2n) is 2.02.